The van der Waals surface area contributed by atoms with Crippen LogP contribution in [0.5, 0.6) is 0 Å². The number of aromatic nitrogens is 1. The van der Waals surface area contributed by atoms with Gasteiger partial charge in [-0.3, -0.25) is 4.79 Å². The highest BCUT2D eigenvalue weighted by Crippen LogP contribution is 2.48. The average molecular weight is 388 g/mol. The van der Waals surface area contributed by atoms with Crippen molar-refractivity contribution in [3.8, 4) is 0 Å². The van der Waals surface area contributed by atoms with Crippen LogP contribution in [-0.4, -0.2) is 39.8 Å². The zero-order valence-corrected chi connectivity index (χ0v) is 16.6. The number of nitrogens with zero attached hydrogens (tertiary/aromatic N) is 2. The molecule has 4 rings (SSSR count). The number of aliphatic carboxylic acids is 1. The summed E-state index contributed by atoms with van der Waals surface area (Å²) >= 11 is 1.64. The van der Waals surface area contributed by atoms with Crippen LogP contribution >= 0.6 is 11.8 Å². The van der Waals surface area contributed by atoms with Crippen LogP contribution in [0.3, 0.4) is 0 Å². The number of hydrogen-bond acceptors (Lipinski definition) is 5. The van der Waals surface area contributed by atoms with Crippen LogP contribution in [0.2, 0.25) is 0 Å². The third kappa shape index (κ3) is 2.70. The fourth-order valence-electron chi connectivity index (χ4n) is 4.87. The molecule has 1 amide bonds. The molecule has 1 N–H and O–H groups in total. The molecule has 7 heteroatoms. The second-order valence-corrected chi connectivity index (χ2v) is 8.79. The van der Waals surface area contributed by atoms with E-state index in [1.54, 1.807) is 18.7 Å². The van der Waals surface area contributed by atoms with Crippen molar-refractivity contribution in [1.29, 1.82) is 0 Å². The SMILES string of the molecule is C[C@@H](O)[C@H]1C(=O)N2C(C(=O)[O-])=C(CSc3cc[n+](C)c4c3CCC4)[C@H](C)[C@H]12. The molecule has 27 heavy (non-hydrogen) atoms. The monoisotopic (exact) mass is 388 g/mol. The van der Waals surface area contributed by atoms with Gasteiger partial charge in [-0.05, 0) is 25.3 Å². The van der Waals surface area contributed by atoms with E-state index < -0.39 is 18.0 Å². The highest BCUT2D eigenvalue weighted by Gasteiger charge is 2.58. The van der Waals surface area contributed by atoms with Gasteiger partial charge in [0, 0.05) is 34.6 Å². The van der Waals surface area contributed by atoms with E-state index in [9.17, 15) is 19.8 Å². The number of carbonyl (C=O) groups excluding carboxylic acids is 2. The van der Waals surface area contributed by atoms with E-state index in [2.05, 4.69) is 23.9 Å². The first-order valence-corrected chi connectivity index (χ1v) is 10.4. The number of aliphatic hydroxyl groups is 1. The Hall–Kier alpha value is -1.86. The van der Waals surface area contributed by atoms with Crippen molar-refractivity contribution in [2.75, 3.05) is 5.75 Å². The number of β-lactam (4-membered cyclic amide) rings is 1. The molecule has 144 valence electrons. The van der Waals surface area contributed by atoms with Crippen molar-refractivity contribution in [3.63, 3.8) is 0 Å². The molecule has 4 atom stereocenters. The molecule has 0 aromatic carbocycles. The molecule has 1 aromatic heterocycles. The lowest BCUT2D eigenvalue weighted by Gasteiger charge is -2.47. The van der Waals surface area contributed by atoms with Crippen molar-refractivity contribution in [2.45, 2.75) is 50.2 Å². The predicted molar refractivity (Wildman–Crippen MR) is 97.4 cm³/mol. The minimum absolute atomic E-state index is 0.0139. The highest BCUT2D eigenvalue weighted by molar-refractivity contribution is 7.99. The van der Waals surface area contributed by atoms with Gasteiger partial charge in [-0.1, -0.05) is 6.92 Å². The summed E-state index contributed by atoms with van der Waals surface area (Å²) < 4.78 is 2.16. The third-order valence-electron chi connectivity index (χ3n) is 6.25. The van der Waals surface area contributed by atoms with Gasteiger partial charge in [-0.25, -0.2) is 4.57 Å². The number of carboxylic acids is 1. The normalized spacial score (nSPS) is 27.5. The molecule has 1 aromatic rings. The Morgan fingerprint density at radius 2 is 2.22 bits per heavy atom. The molecule has 6 nitrogen and oxygen atoms in total. The van der Waals surface area contributed by atoms with Crippen LogP contribution in [0.25, 0.3) is 0 Å². The molecule has 1 aliphatic carbocycles. The number of rotatable bonds is 5. The minimum Gasteiger partial charge on any atom is -0.543 e. The molecule has 1 saturated heterocycles. The quantitative estimate of drug-likeness (QED) is 0.434. The second-order valence-electron chi connectivity index (χ2n) is 7.77. The zero-order valence-electron chi connectivity index (χ0n) is 15.8. The largest absolute Gasteiger partial charge is 0.543 e. The molecule has 2 aliphatic heterocycles. The molecular formula is C20H24N2O4S. The number of amides is 1. The van der Waals surface area contributed by atoms with Gasteiger partial charge in [0.2, 0.25) is 5.91 Å². The topological polar surface area (TPSA) is 84.5 Å². The van der Waals surface area contributed by atoms with Crippen LogP contribution in [0.15, 0.2) is 28.4 Å². The van der Waals surface area contributed by atoms with Gasteiger partial charge in [-0.15, -0.1) is 11.8 Å². The number of hydrogen-bond donors (Lipinski definition) is 1. The predicted octanol–water partition coefficient (Wildman–Crippen LogP) is -0.0466. The number of fused-ring (bicyclic) bond motifs is 2. The summed E-state index contributed by atoms with van der Waals surface area (Å²) in [5, 5.41) is 21.7. The molecule has 1 fully saturated rings. The van der Waals surface area contributed by atoms with E-state index in [1.807, 2.05) is 6.92 Å². The third-order valence-corrected chi connectivity index (χ3v) is 7.40. The fraction of sp³-hybridized carbons (Fsp3) is 0.550. The number of carboxylic acid groups (broad SMARTS) is 1. The Balaban J connectivity index is 1.61. The maximum Gasteiger partial charge on any atom is 0.235 e. The standard InChI is InChI=1S/C20H24N2O4S/c1-10-13(9-27-15-7-8-21(3)14-6-4-5-12(14)15)18(20(25)26)22-17(10)16(11(2)23)19(22)24/h7-8,10-11,16-17,23H,4-6,9H2,1-3H3/t10-,11+,16+,17+/m0/s1. The smallest absolute Gasteiger partial charge is 0.235 e. The average Bonchev–Trinajstić information content (AvgIpc) is 3.17. The Labute approximate surface area is 162 Å². The van der Waals surface area contributed by atoms with Gasteiger partial charge in [0.15, 0.2) is 11.9 Å². The molecule has 0 bridgehead atoms. The number of thioether (sulfide) groups is 1. The van der Waals surface area contributed by atoms with E-state index in [1.165, 1.54) is 21.1 Å². The summed E-state index contributed by atoms with van der Waals surface area (Å²) in [7, 11) is 2.06. The summed E-state index contributed by atoms with van der Waals surface area (Å²) in [5.74, 6) is -1.74. The molecule has 0 saturated carbocycles. The fourth-order valence-corrected chi connectivity index (χ4v) is 6.13. The Bertz CT molecular complexity index is 864. The van der Waals surface area contributed by atoms with Gasteiger partial charge < -0.3 is 19.9 Å². The van der Waals surface area contributed by atoms with E-state index in [0.717, 1.165) is 24.8 Å². The maximum absolute atomic E-state index is 12.4. The van der Waals surface area contributed by atoms with Crippen molar-refractivity contribution in [3.05, 3.63) is 34.8 Å². The zero-order chi connectivity index (χ0) is 19.5. The molecule has 3 heterocycles. The lowest BCUT2D eigenvalue weighted by Crippen LogP contribution is -2.64. The summed E-state index contributed by atoms with van der Waals surface area (Å²) in [5.41, 5.74) is 3.45. The first-order chi connectivity index (χ1) is 12.8. The molecule has 3 aliphatic rings. The molecular weight excluding hydrogens is 364 g/mol. The summed E-state index contributed by atoms with van der Waals surface area (Å²) in [6, 6.07) is 1.81. The summed E-state index contributed by atoms with van der Waals surface area (Å²) in [4.78, 5) is 26.7. The van der Waals surface area contributed by atoms with Gasteiger partial charge in [0.05, 0.1) is 29.7 Å². The van der Waals surface area contributed by atoms with Gasteiger partial charge >= 0.3 is 0 Å². The minimum atomic E-state index is -1.30. The number of aliphatic hydroxyl groups excluding tert-OH is 1. The summed E-state index contributed by atoms with van der Waals surface area (Å²) in [6.45, 7) is 3.53. The van der Waals surface area contributed by atoms with Crippen LogP contribution in [0, 0.1) is 11.8 Å². The first kappa shape index (κ1) is 18.5. The molecule has 0 radical (unpaired) electrons. The van der Waals surface area contributed by atoms with Crippen LogP contribution in [0.4, 0.5) is 0 Å². The summed E-state index contributed by atoms with van der Waals surface area (Å²) in [6.07, 6.45) is 4.53. The second kappa shape index (κ2) is 6.63. The highest BCUT2D eigenvalue weighted by atomic mass is 32.2. The van der Waals surface area contributed by atoms with E-state index in [-0.39, 0.29) is 23.6 Å². The van der Waals surface area contributed by atoms with Crippen molar-refractivity contribution in [1.82, 2.24) is 4.90 Å². The van der Waals surface area contributed by atoms with Crippen LogP contribution < -0.4 is 9.67 Å². The van der Waals surface area contributed by atoms with Crippen LogP contribution in [0.1, 0.15) is 31.5 Å². The lowest BCUT2D eigenvalue weighted by atomic mass is 9.78. The van der Waals surface area contributed by atoms with E-state index in [4.69, 9.17) is 0 Å². The van der Waals surface area contributed by atoms with Crippen LogP contribution in [-0.2, 0) is 29.5 Å². The number of pyridine rings is 1. The van der Waals surface area contributed by atoms with E-state index in [0.29, 0.717) is 5.75 Å². The van der Waals surface area contributed by atoms with E-state index >= 15 is 0 Å². The van der Waals surface area contributed by atoms with Gasteiger partial charge in [0.25, 0.3) is 0 Å². The van der Waals surface area contributed by atoms with Gasteiger partial charge in [0.1, 0.15) is 7.05 Å². The molecule has 0 unspecified atom stereocenters. The van der Waals surface area contributed by atoms with Crippen molar-refractivity contribution >= 4 is 23.6 Å². The lowest BCUT2D eigenvalue weighted by molar-refractivity contribution is -0.679. The first-order valence-electron chi connectivity index (χ1n) is 9.41. The molecule has 0 spiro atoms. The number of aryl methyl sites for hydroxylation is 1. The van der Waals surface area contributed by atoms with Gasteiger partial charge in [-0.2, -0.15) is 0 Å². The Morgan fingerprint density at radius 1 is 1.48 bits per heavy atom. The van der Waals surface area contributed by atoms with Crippen molar-refractivity contribution in [2.24, 2.45) is 18.9 Å². The maximum atomic E-state index is 12.4. The number of carbonyl (C=O) groups is 2. The van der Waals surface area contributed by atoms with Crippen molar-refractivity contribution < 1.29 is 24.4 Å². The Morgan fingerprint density at radius 3 is 2.89 bits per heavy atom. The Kier molecular flexibility index (Phi) is 4.55.